The van der Waals surface area contributed by atoms with E-state index in [9.17, 15) is 4.79 Å². The lowest BCUT2D eigenvalue weighted by Gasteiger charge is -2.26. The summed E-state index contributed by atoms with van der Waals surface area (Å²) in [6, 6.07) is 0.591. The number of nitrogens with zero attached hydrogens (tertiary/aromatic N) is 6. The molecule has 1 saturated carbocycles. The number of nitrogens with one attached hydrogen (secondary N) is 1. The number of rotatable bonds is 3. The van der Waals surface area contributed by atoms with Gasteiger partial charge in [-0.3, -0.25) is 9.47 Å². The van der Waals surface area contributed by atoms with Crippen LogP contribution in [0.2, 0.25) is 0 Å². The lowest BCUT2D eigenvalue weighted by molar-refractivity contribution is 0.199. The Morgan fingerprint density at radius 3 is 2.95 bits per heavy atom. The van der Waals surface area contributed by atoms with Crippen molar-refractivity contribution in [1.29, 1.82) is 0 Å². The van der Waals surface area contributed by atoms with Gasteiger partial charge in [-0.15, -0.1) is 10.2 Å². The van der Waals surface area contributed by atoms with Gasteiger partial charge in [-0.25, -0.2) is 9.89 Å². The van der Waals surface area contributed by atoms with E-state index in [0.29, 0.717) is 19.1 Å². The van der Waals surface area contributed by atoms with Crippen LogP contribution in [0.3, 0.4) is 0 Å². The molecule has 1 fully saturated rings. The van der Waals surface area contributed by atoms with Crippen molar-refractivity contribution in [3.63, 3.8) is 0 Å². The number of fused-ring (bicyclic) bond motifs is 1. The molecule has 1 aliphatic carbocycles. The lowest BCUT2D eigenvalue weighted by Crippen LogP contribution is -2.37. The Labute approximate surface area is 115 Å². The first kappa shape index (κ1) is 11.8. The van der Waals surface area contributed by atoms with Crippen LogP contribution in [0.4, 0.5) is 0 Å². The molecule has 3 heterocycles. The first-order chi connectivity index (χ1) is 9.72. The summed E-state index contributed by atoms with van der Waals surface area (Å²) < 4.78 is 3.96. The summed E-state index contributed by atoms with van der Waals surface area (Å²) in [6.07, 6.45) is 2.45. The van der Waals surface area contributed by atoms with Gasteiger partial charge in [0.15, 0.2) is 0 Å². The molecule has 0 aromatic carbocycles. The third-order valence-electron chi connectivity index (χ3n) is 4.06. The number of hydrogen-bond donors (Lipinski definition) is 1. The molecule has 8 nitrogen and oxygen atoms in total. The second-order valence-electron chi connectivity index (χ2n) is 5.57. The minimum atomic E-state index is -0.114. The van der Waals surface area contributed by atoms with Crippen molar-refractivity contribution in [2.75, 3.05) is 6.54 Å². The van der Waals surface area contributed by atoms with E-state index in [0.717, 1.165) is 30.6 Å². The Hall–Kier alpha value is -1.96. The second kappa shape index (κ2) is 4.27. The maximum atomic E-state index is 11.5. The first-order valence-electron chi connectivity index (χ1n) is 6.99. The molecule has 106 valence electrons. The Morgan fingerprint density at radius 2 is 2.15 bits per heavy atom. The first-order valence-corrected chi connectivity index (χ1v) is 6.99. The highest BCUT2D eigenvalue weighted by Crippen LogP contribution is 2.36. The summed E-state index contributed by atoms with van der Waals surface area (Å²) in [5, 5.41) is 15.1. The predicted octanol–water partition coefficient (Wildman–Crippen LogP) is -0.178. The summed E-state index contributed by atoms with van der Waals surface area (Å²) in [7, 11) is 0. The largest absolute Gasteiger partial charge is 0.343 e. The van der Waals surface area contributed by atoms with Gasteiger partial charge < -0.3 is 4.57 Å². The molecule has 1 aliphatic heterocycles. The van der Waals surface area contributed by atoms with Gasteiger partial charge in [0.2, 0.25) is 0 Å². The summed E-state index contributed by atoms with van der Waals surface area (Å²) in [6.45, 7) is 4.97. The molecule has 0 atom stereocenters. The molecular formula is C12H17N7O. The van der Waals surface area contributed by atoms with Gasteiger partial charge >= 0.3 is 5.69 Å². The zero-order valence-electron chi connectivity index (χ0n) is 11.4. The van der Waals surface area contributed by atoms with Crippen LogP contribution >= 0.6 is 0 Å². The van der Waals surface area contributed by atoms with Gasteiger partial charge in [0.1, 0.15) is 17.5 Å². The Balaban J connectivity index is 1.54. The molecule has 4 rings (SSSR count). The van der Waals surface area contributed by atoms with Gasteiger partial charge in [0.25, 0.3) is 0 Å². The molecule has 0 amide bonds. The fourth-order valence-corrected chi connectivity index (χ4v) is 2.89. The molecule has 8 heteroatoms. The minimum absolute atomic E-state index is 0.114. The lowest BCUT2D eigenvalue weighted by atomic mass is 10.3. The van der Waals surface area contributed by atoms with Gasteiger partial charge in [0, 0.05) is 19.1 Å². The van der Waals surface area contributed by atoms with Crippen LogP contribution < -0.4 is 5.69 Å². The summed E-state index contributed by atoms with van der Waals surface area (Å²) in [5.41, 5.74) is -0.114. The third kappa shape index (κ3) is 1.87. The van der Waals surface area contributed by atoms with Gasteiger partial charge in [0.05, 0.1) is 13.1 Å². The van der Waals surface area contributed by atoms with Crippen molar-refractivity contribution in [3.8, 4) is 0 Å². The highest BCUT2D eigenvalue weighted by atomic mass is 16.1. The topological polar surface area (TPSA) is 84.6 Å². The zero-order chi connectivity index (χ0) is 13.7. The number of aromatic nitrogens is 6. The van der Waals surface area contributed by atoms with Crippen LogP contribution in [-0.4, -0.2) is 41.0 Å². The maximum Gasteiger partial charge on any atom is 0.343 e. The number of aryl methyl sites for hydroxylation is 1. The van der Waals surface area contributed by atoms with E-state index in [2.05, 4.69) is 29.9 Å². The number of hydrogen-bond acceptors (Lipinski definition) is 5. The van der Waals surface area contributed by atoms with E-state index in [1.54, 1.807) is 4.57 Å². The standard InChI is InChI=1S/C12H17N7O/c1-8-13-15-11(19(8)9-2-3-9)7-17-4-5-18-10(6-17)14-16-12(18)20/h9H,2-7H2,1H3,(H,16,20). The SMILES string of the molecule is Cc1nnc(CN2CCn3c(n[nH]c3=O)C2)n1C1CC1. The fraction of sp³-hybridized carbons (Fsp3) is 0.667. The molecule has 0 bridgehead atoms. The summed E-state index contributed by atoms with van der Waals surface area (Å²) in [4.78, 5) is 13.7. The summed E-state index contributed by atoms with van der Waals surface area (Å²) in [5.74, 6) is 2.82. The second-order valence-corrected chi connectivity index (χ2v) is 5.57. The molecule has 2 aromatic heterocycles. The normalized spacial score (nSPS) is 19.2. The Bertz CT molecular complexity index is 693. The van der Waals surface area contributed by atoms with Gasteiger partial charge in [-0.2, -0.15) is 5.10 Å². The van der Waals surface area contributed by atoms with E-state index < -0.39 is 0 Å². The average Bonchev–Trinajstić information content (AvgIpc) is 3.12. The van der Waals surface area contributed by atoms with Crippen molar-refractivity contribution >= 4 is 0 Å². The van der Waals surface area contributed by atoms with Crippen LogP contribution in [0, 0.1) is 6.92 Å². The highest BCUT2D eigenvalue weighted by Gasteiger charge is 2.29. The maximum absolute atomic E-state index is 11.5. The Morgan fingerprint density at radius 1 is 1.30 bits per heavy atom. The summed E-state index contributed by atoms with van der Waals surface area (Å²) >= 11 is 0. The minimum Gasteiger partial charge on any atom is -0.311 e. The molecule has 0 radical (unpaired) electrons. The molecular weight excluding hydrogens is 258 g/mol. The molecule has 0 saturated heterocycles. The molecule has 2 aliphatic rings. The van der Waals surface area contributed by atoms with Gasteiger partial charge in [-0.1, -0.05) is 0 Å². The molecule has 1 N–H and O–H groups in total. The van der Waals surface area contributed by atoms with E-state index in [1.807, 2.05) is 6.92 Å². The molecule has 0 unspecified atom stereocenters. The van der Waals surface area contributed by atoms with Crippen molar-refractivity contribution < 1.29 is 0 Å². The van der Waals surface area contributed by atoms with Crippen molar-refractivity contribution in [3.05, 3.63) is 28.0 Å². The monoisotopic (exact) mass is 275 g/mol. The quantitative estimate of drug-likeness (QED) is 0.840. The number of aromatic amines is 1. The fourth-order valence-electron chi connectivity index (χ4n) is 2.89. The van der Waals surface area contributed by atoms with Crippen LogP contribution in [0.1, 0.15) is 36.4 Å². The van der Waals surface area contributed by atoms with Crippen LogP contribution in [0.25, 0.3) is 0 Å². The van der Waals surface area contributed by atoms with E-state index in [4.69, 9.17) is 0 Å². The zero-order valence-corrected chi connectivity index (χ0v) is 11.4. The van der Waals surface area contributed by atoms with E-state index in [-0.39, 0.29) is 5.69 Å². The van der Waals surface area contributed by atoms with Crippen molar-refractivity contribution in [1.82, 2.24) is 34.4 Å². The predicted molar refractivity (Wildman–Crippen MR) is 70.0 cm³/mol. The smallest absolute Gasteiger partial charge is 0.311 e. The Kier molecular flexibility index (Phi) is 2.53. The molecule has 0 spiro atoms. The van der Waals surface area contributed by atoms with Crippen molar-refractivity contribution in [2.45, 2.75) is 45.4 Å². The van der Waals surface area contributed by atoms with E-state index >= 15 is 0 Å². The van der Waals surface area contributed by atoms with Crippen LogP contribution in [0.15, 0.2) is 4.79 Å². The van der Waals surface area contributed by atoms with Gasteiger partial charge in [-0.05, 0) is 19.8 Å². The third-order valence-corrected chi connectivity index (χ3v) is 4.06. The molecule has 2 aromatic rings. The number of H-pyrrole nitrogens is 1. The average molecular weight is 275 g/mol. The van der Waals surface area contributed by atoms with E-state index in [1.165, 1.54) is 12.8 Å². The van der Waals surface area contributed by atoms with Crippen molar-refractivity contribution in [2.24, 2.45) is 0 Å². The highest BCUT2D eigenvalue weighted by molar-refractivity contribution is 5.02. The van der Waals surface area contributed by atoms with Crippen LogP contribution in [-0.2, 0) is 19.6 Å². The molecule has 20 heavy (non-hydrogen) atoms. The van der Waals surface area contributed by atoms with Crippen LogP contribution in [0.5, 0.6) is 0 Å².